The lowest BCUT2D eigenvalue weighted by Crippen LogP contribution is -2.27. The second-order valence-corrected chi connectivity index (χ2v) is 8.44. The molecule has 0 aromatic carbocycles. The summed E-state index contributed by atoms with van der Waals surface area (Å²) in [5, 5.41) is 10.6. The van der Waals surface area contributed by atoms with E-state index in [-0.39, 0.29) is 25.7 Å². The molecule has 9 heteroatoms. The molecule has 1 aliphatic carbocycles. The molecule has 0 spiro atoms. The maximum Gasteiger partial charge on any atom is 0.300 e. The minimum atomic E-state index is -3.72. The Bertz CT molecular complexity index is 608. The van der Waals surface area contributed by atoms with Crippen LogP contribution in [0.3, 0.4) is 0 Å². The number of nitro groups is 1. The Labute approximate surface area is 113 Å². The first kappa shape index (κ1) is 13.7. The molecule has 1 aromatic rings. The Balaban J connectivity index is 2.25. The fourth-order valence-electron chi connectivity index (χ4n) is 1.51. The van der Waals surface area contributed by atoms with Crippen LogP contribution in [-0.4, -0.2) is 19.4 Å². The molecule has 1 fully saturated rings. The van der Waals surface area contributed by atoms with Crippen molar-refractivity contribution >= 4 is 38.6 Å². The fourth-order valence-corrected chi connectivity index (χ4v) is 4.60. The van der Waals surface area contributed by atoms with Crippen molar-refractivity contribution in [2.75, 3.05) is 0 Å². The fraction of sp³-hybridized carbons (Fsp3) is 0.556. The third-order valence-corrected chi connectivity index (χ3v) is 6.20. The van der Waals surface area contributed by atoms with E-state index in [1.54, 1.807) is 0 Å². The summed E-state index contributed by atoms with van der Waals surface area (Å²) >= 11 is 6.33. The van der Waals surface area contributed by atoms with Gasteiger partial charge in [0.25, 0.3) is 15.7 Å². The van der Waals surface area contributed by atoms with Gasteiger partial charge >= 0.3 is 0 Å². The summed E-state index contributed by atoms with van der Waals surface area (Å²) in [7, 11) is -3.72. The summed E-state index contributed by atoms with van der Waals surface area (Å²) < 4.78 is 26.2. The standard InChI is InChI=1S/C9H11ClN2O4S2/c1-9(2)4-6(9)11-18(15,16)7-3-5(12(13)14)8(10)17-7/h3,6,11H,4H2,1-2H3. The number of sulfonamides is 1. The number of rotatable bonds is 4. The summed E-state index contributed by atoms with van der Waals surface area (Å²) in [5.74, 6) is 0. The van der Waals surface area contributed by atoms with E-state index in [1.165, 1.54) is 0 Å². The van der Waals surface area contributed by atoms with Crippen LogP contribution in [0.25, 0.3) is 0 Å². The summed E-state index contributed by atoms with van der Waals surface area (Å²) in [5.41, 5.74) is -0.433. The molecule has 0 bridgehead atoms. The molecule has 0 amide bonds. The molecule has 1 atom stereocenters. The van der Waals surface area contributed by atoms with E-state index in [4.69, 9.17) is 11.6 Å². The predicted octanol–water partition coefficient (Wildman–Crippen LogP) is 2.39. The molecule has 2 rings (SSSR count). The molecule has 0 saturated heterocycles. The van der Waals surface area contributed by atoms with Crippen LogP contribution in [0.15, 0.2) is 10.3 Å². The number of nitrogens with one attached hydrogen (secondary N) is 1. The minimum absolute atomic E-state index is 0.0555. The Morgan fingerprint density at radius 3 is 2.56 bits per heavy atom. The van der Waals surface area contributed by atoms with Gasteiger partial charge in [-0.3, -0.25) is 10.1 Å². The van der Waals surface area contributed by atoms with Gasteiger partial charge in [0.05, 0.1) is 4.92 Å². The average molecular weight is 311 g/mol. The zero-order chi connectivity index (χ0) is 13.7. The van der Waals surface area contributed by atoms with Gasteiger partial charge in [-0.1, -0.05) is 25.4 Å². The summed E-state index contributed by atoms with van der Waals surface area (Å²) in [6, 6.07) is 0.868. The van der Waals surface area contributed by atoms with Gasteiger partial charge in [0.1, 0.15) is 4.21 Å². The van der Waals surface area contributed by atoms with Crippen LogP contribution in [0.5, 0.6) is 0 Å². The normalized spacial score (nSPS) is 21.8. The first-order chi connectivity index (χ1) is 8.13. The van der Waals surface area contributed by atoms with Gasteiger partial charge in [-0.2, -0.15) is 0 Å². The molecule has 1 N–H and O–H groups in total. The number of thiophene rings is 1. The average Bonchev–Trinajstić information content (AvgIpc) is 2.63. The largest absolute Gasteiger partial charge is 0.300 e. The lowest BCUT2D eigenvalue weighted by atomic mass is 10.2. The molecule has 1 saturated carbocycles. The molecule has 1 heterocycles. The van der Waals surface area contributed by atoms with Gasteiger partial charge in [-0.25, -0.2) is 13.1 Å². The molecule has 1 unspecified atom stereocenters. The molecular formula is C9H11ClN2O4S2. The first-order valence-electron chi connectivity index (χ1n) is 5.09. The van der Waals surface area contributed by atoms with Gasteiger partial charge in [0.15, 0.2) is 4.34 Å². The van der Waals surface area contributed by atoms with E-state index in [0.29, 0.717) is 11.3 Å². The van der Waals surface area contributed by atoms with Crippen molar-refractivity contribution in [1.29, 1.82) is 0 Å². The molecular weight excluding hydrogens is 300 g/mol. The number of halogens is 1. The predicted molar refractivity (Wildman–Crippen MR) is 68.5 cm³/mol. The van der Waals surface area contributed by atoms with Crippen molar-refractivity contribution in [3.63, 3.8) is 0 Å². The van der Waals surface area contributed by atoms with Gasteiger partial charge < -0.3 is 0 Å². The first-order valence-corrected chi connectivity index (χ1v) is 7.77. The van der Waals surface area contributed by atoms with Crippen molar-refractivity contribution < 1.29 is 13.3 Å². The van der Waals surface area contributed by atoms with Crippen LogP contribution in [-0.2, 0) is 10.0 Å². The monoisotopic (exact) mass is 310 g/mol. The van der Waals surface area contributed by atoms with Crippen LogP contribution in [0.2, 0.25) is 4.34 Å². The van der Waals surface area contributed by atoms with E-state index in [0.717, 1.165) is 12.5 Å². The number of hydrogen-bond acceptors (Lipinski definition) is 5. The Morgan fingerprint density at radius 1 is 1.61 bits per heavy atom. The van der Waals surface area contributed by atoms with Crippen molar-refractivity contribution in [2.45, 2.75) is 30.5 Å². The van der Waals surface area contributed by atoms with Gasteiger partial charge in [0.2, 0.25) is 0 Å². The highest BCUT2D eigenvalue weighted by Crippen LogP contribution is 2.46. The van der Waals surface area contributed by atoms with E-state index in [2.05, 4.69) is 4.72 Å². The van der Waals surface area contributed by atoms with E-state index >= 15 is 0 Å². The van der Waals surface area contributed by atoms with Crippen LogP contribution < -0.4 is 4.72 Å². The van der Waals surface area contributed by atoms with Gasteiger partial charge in [0, 0.05) is 12.1 Å². The lowest BCUT2D eigenvalue weighted by molar-refractivity contribution is -0.384. The van der Waals surface area contributed by atoms with Crippen molar-refractivity contribution in [3.05, 3.63) is 20.5 Å². The van der Waals surface area contributed by atoms with Crippen molar-refractivity contribution in [3.8, 4) is 0 Å². The SMILES string of the molecule is CC1(C)CC1NS(=O)(=O)c1cc([N+](=O)[O-])c(Cl)s1. The summed E-state index contributed by atoms with van der Waals surface area (Å²) in [6.45, 7) is 3.90. The molecule has 1 aromatic heterocycles. The molecule has 6 nitrogen and oxygen atoms in total. The van der Waals surface area contributed by atoms with Gasteiger partial charge in [-0.15, -0.1) is 11.3 Å². The highest BCUT2D eigenvalue weighted by molar-refractivity contribution is 7.91. The second-order valence-electron chi connectivity index (χ2n) is 4.85. The second kappa shape index (κ2) is 4.16. The highest BCUT2D eigenvalue weighted by Gasteiger charge is 2.48. The van der Waals surface area contributed by atoms with Crippen LogP contribution in [0.1, 0.15) is 20.3 Å². The maximum atomic E-state index is 12.0. The van der Waals surface area contributed by atoms with Crippen LogP contribution in [0, 0.1) is 15.5 Å². The van der Waals surface area contributed by atoms with Crippen molar-refractivity contribution in [2.24, 2.45) is 5.41 Å². The summed E-state index contributed by atoms with van der Waals surface area (Å²) in [4.78, 5) is 9.92. The van der Waals surface area contributed by atoms with Gasteiger partial charge in [-0.05, 0) is 11.8 Å². The Kier molecular flexibility index (Phi) is 3.17. The third kappa shape index (κ3) is 2.51. The van der Waals surface area contributed by atoms with Crippen LogP contribution >= 0.6 is 22.9 Å². The van der Waals surface area contributed by atoms with E-state index < -0.39 is 14.9 Å². The summed E-state index contributed by atoms with van der Waals surface area (Å²) in [6.07, 6.45) is 0.757. The smallest absolute Gasteiger partial charge is 0.258 e. The molecule has 100 valence electrons. The molecule has 1 aliphatic rings. The zero-order valence-electron chi connectivity index (χ0n) is 9.64. The minimum Gasteiger partial charge on any atom is -0.258 e. The zero-order valence-corrected chi connectivity index (χ0v) is 12.0. The maximum absolute atomic E-state index is 12.0. The number of nitrogens with zero attached hydrogens (tertiary/aromatic N) is 1. The quantitative estimate of drug-likeness (QED) is 0.683. The lowest BCUT2D eigenvalue weighted by Gasteiger charge is -2.05. The van der Waals surface area contributed by atoms with E-state index in [9.17, 15) is 18.5 Å². The van der Waals surface area contributed by atoms with Crippen LogP contribution in [0.4, 0.5) is 5.69 Å². The van der Waals surface area contributed by atoms with E-state index in [1.807, 2.05) is 13.8 Å². The molecule has 0 radical (unpaired) electrons. The molecule has 0 aliphatic heterocycles. The Morgan fingerprint density at radius 2 is 2.17 bits per heavy atom. The Hall–Kier alpha value is -0.700. The third-order valence-electron chi connectivity index (χ3n) is 2.92. The van der Waals surface area contributed by atoms with Crippen molar-refractivity contribution in [1.82, 2.24) is 4.72 Å². The highest BCUT2D eigenvalue weighted by atomic mass is 35.5. The topological polar surface area (TPSA) is 89.3 Å². The number of hydrogen-bond donors (Lipinski definition) is 1. The molecule has 18 heavy (non-hydrogen) atoms.